The maximum atomic E-state index is 12.0. The Morgan fingerprint density at radius 1 is 1.30 bits per heavy atom. The molecule has 0 spiro atoms. The van der Waals surface area contributed by atoms with E-state index in [-0.39, 0.29) is 46.5 Å². The molecule has 0 amide bonds. The van der Waals surface area contributed by atoms with Gasteiger partial charge in [0.25, 0.3) is 10.4 Å². The van der Waals surface area contributed by atoms with Crippen LogP contribution in [0.2, 0.25) is 0 Å². The first-order valence-corrected chi connectivity index (χ1v) is 7.53. The summed E-state index contributed by atoms with van der Waals surface area (Å²) < 4.78 is 52.0. The van der Waals surface area contributed by atoms with Gasteiger partial charge in [-0.1, -0.05) is 0 Å². The average Bonchev–Trinajstić information content (AvgIpc) is 2.71. The molecule has 1 heterocycles. The molecule has 10 heteroatoms. The first-order valence-electron chi connectivity index (χ1n) is 6.20. The number of hydrogen-bond donors (Lipinski definition) is 1. The fourth-order valence-corrected chi connectivity index (χ4v) is 2.37. The number of aryl methyl sites for hydroxylation is 1. The van der Waals surface area contributed by atoms with Crippen molar-refractivity contribution < 1.29 is 35.8 Å². The van der Waals surface area contributed by atoms with E-state index in [1.54, 1.807) is 13.8 Å². The van der Waals surface area contributed by atoms with E-state index in [4.69, 9.17) is 13.9 Å². The first kappa shape index (κ1) is 18.7. The summed E-state index contributed by atoms with van der Waals surface area (Å²) in [6.45, 7) is 3.38. The summed E-state index contributed by atoms with van der Waals surface area (Å²) in [6.07, 6.45) is 0. The van der Waals surface area contributed by atoms with E-state index < -0.39 is 16.4 Å². The molecule has 2 aromatic rings. The summed E-state index contributed by atoms with van der Waals surface area (Å²) >= 11 is 0. The molecule has 1 aromatic carbocycles. The standard InChI is InChI=1S/C13H14O8S.H3N/c1-4-19-13(14)12-7(2)20-9-6-10(18-3)11(5-8(9)12)21-22(15,16)17;/h5-6H,4H2,1-3H3,(H,15,16,17);1H3. The van der Waals surface area contributed by atoms with Crippen molar-refractivity contribution in [2.75, 3.05) is 13.7 Å². The Kier molecular flexibility index (Phi) is 5.59. The minimum atomic E-state index is -4.99. The summed E-state index contributed by atoms with van der Waals surface area (Å²) in [5, 5.41) is 0.260. The van der Waals surface area contributed by atoms with Crippen LogP contribution < -0.4 is 15.1 Å². The zero-order valence-electron chi connectivity index (χ0n) is 13.0. The molecule has 23 heavy (non-hydrogen) atoms. The van der Waals surface area contributed by atoms with Crippen molar-refractivity contribution in [3.05, 3.63) is 23.5 Å². The van der Waals surface area contributed by atoms with Crippen LogP contribution >= 0.6 is 0 Å². The minimum absolute atomic E-state index is 0. The highest BCUT2D eigenvalue weighted by Gasteiger charge is 2.22. The topological polar surface area (TPSA) is 152 Å². The lowest BCUT2D eigenvalue weighted by molar-refractivity contribution is 0.0526. The van der Waals surface area contributed by atoms with Crippen molar-refractivity contribution >= 4 is 27.3 Å². The third-order valence-corrected chi connectivity index (χ3v) is 3.21. The van der Waals surface area contributed by atoms with Crippen LogP contribution in [0.5, 0.6) is 11.5 Å². The van der Waals surface area contributed by atoms with Crippen molar-refractivity contribution in [2.24, 2.45) is 0 Å². The van der Waals surface area contributed by atoms with E-state index in [9.17, 15) is 17.8 Å². The van der Waals surface area contributed by atoms with E-state index in [1.165, 1.54) is 19.2 Å². The Morgan fingerprint density at radius 2 is 1.96 bits per heavy atom. The van der Waals surface area contributed by atoms with Gasteiger partial charge < -0.3 is 28.8 Å². The SMILES string of the molecule is CCOC(=O)c1c(C)oc2cc(OC)c(OS(=O)(=O)[O-])cc12.[NH4+]. The number of esters is 1. The molecule has 9 nitrogen and oxygen atoms in total. The van der Waals surface area contributed by atoms with E-state index in [0.717, 1.165) is 0 Å². The summed E-state index contributed by atoms with van der Waals surface area (Å²) in [5.74, 6) is -0.690. The summed E-state index contributed by atoms with van der Waals surface area (Å²) in [4.78, 5) is 12.0. The van der Waals surface area contributed by atoms with Gasteiger partial charge in [0, 0.05) is 11.5 Å². The van der Waals surface area contributed by atoms with Gasteiger partial charge in [-0.25, -0.2) is 13.2 Å². The first-order chi connectivity index (χ1) is 10.3. The Hall–Kier alpha value is -2.30. The number of carbonyl (C=O) groups excluding carboxylic acids is 1. The predicted octanol–water partition coefficient (Wildman–Crippen LogP) is 2.14. The molecule has 0 radical (unpaired) electrons. The average molecular weight is 347 g/mol. The van der Waals surface area contributed by atoms with Gasteiger partial charge in [0.2, 0.25) is 0 Å². The van der Waals surface area contributed by atoms with Crippen molar-refractivity contribution in [3.63, 3.8) is 0 Å². The van der Waals surface area contributed by atoms with Gasteiger partial charge in [-0.3, -0.25) is 0 Å². The number of ether oxygens (including phenoxy) is 2. The van der Waals surface area contributed by atoms with Crippen LogP contribution in [0.1, 0.15) is 23.0 Å². The molecule has 0 atom stereocenters. The zero-order valence-corrected chi connectivity index (χ0v) is 13.9. The smallest absolute Gasteiger partial charge is 0.342 e. The molecule has 0 aliphatic heterocycles. The lowest BCUT2D eigenvalue weighted by Gasteiger charge is -2.12. The molecule has 0 fully saturated rings. The lowest BCUT2D eigenvalue weighted by atomic mass is 10.1. The number of methoxy groups -OCH3 is 1. The normalized spacial score (nSPS) is 11.0. The summed E-state index contributed by atoms with van der Waals surface area (Å²) in [7, 11) is -3.72. The number of fused-ring (bicyclic) bond motifs is 1. The van der Waals surface area contributed by atoms with Gasteiger partial charge in [-0.05, 0) is 19.9 Å². The second-order valence-corrected chi connectivity index (χ2v) is 5.23. The Morgan fingerprint density at radius 3 is 2.48 bits per heavy atom. The van der Waals surface area contributed by atoms with Crippen LogP contribution in [0.25, 0.3) is 11.0 Å². The molecule has 0 saturated heterocycles. The van der Waals surface area contributed by atoms with Crippen LogP contribution in [-0.2, 0) is 15.1 Å². The maximum Gasteiger partial charge on any atom is 0.342 e. The van der Waals surface area contributed by atoms with Crippen molar-refractivity contribution in [2.45, 2.75) is 13.8 Å². The molecular weight excluding hydrogens is 330 g/mol. The quantitative estimate of drug-likeness (QED) is 0.490. The van der Waals surface area contributed by atoms with Crippen molar-refractivity contribution in [1.29, 1.82) is 0 Å². The maximum absolute atomic E-state index is 12.0. The number of quaternary nitrogens is 1. The summed E-state index contributed by atoms with van der Waals surface area (Å²) in [6, 6.07) is 2.51. The van der Waals surface area contributed by atoms with Crippen LogP contribution in [-0.4, -0.2) is 32.7 Å². The van der Waals surface area contributed by atoms with Gasteiger partial charge in [-0.15, -0.1) is 0 Å². The van der Waals surface area contributed by atoms with Crippen LogP contribution in [0, 0.1) is 6.92 Å². The largest absolute Gasteiger partial charge is 0.716 e. The van der Waals surface area contributed by atoms with Gasteiger partial charge in [0.05, 0.1) is 13.7 Å². The fourth-order valence-electron chi connectivity index (χ4n) is 2.02. The second-order valence-electron chi connectivity index (χ2n) is 4.24. The van der Waals surface area contributed by atoms with Gasteiger partial charge in [-0.2, -0.15) is 0 Å². The van der Waals surface area contributed by atoms with E-state index in [2.05, 4.69) is 4.18 Å². The molecule has 0 unspecified atom stereocenters. The molecule has 4 N–H and O–H groups in total. The molecule has 0 bridgehead atoms. The van der Waals surface area contributed by atoms with Gasteiger partial charge in [0.15, 0.2) is 11.5 Å². The number of furan rings is 1. The molecule has 0 aliphatic rings. The van der Waals surface area contributed by atoms with Crippen molar-refractivity contribution in [1.82, 2.24) is 6.15 Å². The van der Waals surface area contributed by atoms with E-state index >= 15 is 0 Å². The predicted molar refractivity (Wildman–Crippen MR) is 79.8 cm³/mol. The molecule has 0 aliphatic carbocycles. The van der Waals surface area contributed by atoms with Crippen molar-refractivity contribution in [3.8, 4) is 11.5 Å². The summed E-state index contributed by atoms with van der Waals surface area (Å²) in [5.41, 5.74) is 0.403. The molecular formula is C13H17NO8S. The fraction of sp³-hybridized carbons (Fsp3) is 0.308. The van der Waals surface area contributed by atoms with Gasteiger partial charge >= 0.3 is 5.97 Å². The molecule has 0 saturated carbocycles. The number of benzene rings is 1. The Bertz CT molecular complexity index is 824. The molecule has 2 rings (SSSR count). The van der Waals surface area contributed by atoms with E-state index in [1.807, 2.05) is 0 Å². The highest BCUT2D eigenvalue weighted by Crippen LogP contribution is 2.37. The van der Waals surface area contributed by atoms with Crippen LogP contribution in [0.3, 0.4) is 0 Å². The Labute approximate surface area is 132 Å². The Balaban J connectivity index is 0.00000264. The monoisotopic (exact) mass is 347 g/mol. The highest BCUT2D eigenvalue weighted by atomic mass is 32.3. The lowest BCUT2D eigenvalue weighted by Crippen LogP contribution is -2.08. The third kappa shape index (κ3) is 3.92. The highest BCUT2D eigenvalue weighted by molar-refractivity contribution is 7.81. The van der Waals surface area contributed by atoms with Gasteiger partial charge in [0.1, 0.15) is 16.9 Å². The van der Waals surface area contributed by atoms with E-state index in [0.29, 0.717) is 0 Å². The van der Waals surface area contributed by atoms with Crippen LogP contribution in [0.4, 0.5) is 0 Å². The number of carbonyl (C=O) groups is 1. The van der Waals surface area contributed by atoms with Crippen LogP contribution in [0.15, 0.2) is 16.5 Å². The minimum Gasteiger partial charge on any atom is -0.716 e. The molecule has 128 valence electrons. The number of rotatable bonds is 5. The third-order valence-electron chi connectivity index (χ3n) is 2.82. The number of hydrogen-bond acceptors (Lipinski definition) is 8. The second kappa shape index (κ2) is 6.86. The zero-order chi connectivity index (χ0) is 16.5. The molecule has 1 aromatic heterocycles.